The average Bonchev–Trinajstić information content (AvgIpc) is 2.35. The second kappa shape index (κ2) is 6.74. The molecule has 5 N–H and O–H groups in total. The zero-order chi connectivity index (χ0) is 18.0. The van der Waals surface area contributed by atoms with Crippen LogP contribution in [-0.4, -0.2) is 47.6 Å². The highest BCUT2D eigenvalue weighted by Gasteiger charge is 2.41. The molecule has 1 unspecified atom stereocenters. The molecule has 0 bridgehead atoms. The van der Waals surface area contributed by atoms with Gasteiger partial charge in [-0.3, -0.25) is 9.59 Å². The Morgan fingerprint density at radius 2 is 1.32 bits per heavy atom. The lowest BCUT2D eigenvalue weighted by Gasteiger charge is -2.34. The van der Waals surface area contributed by atoms with Crippen molar-refractivity contribution in [2.45, 2.75) is 59.5 Å². The Labute approximate surface area is 133 Å². The number of ether oxygens (including phenoxy) is 1. The monoisotopic (exact) mass is 316 g/mol. The van der Waals surface area contributed by atoms with Crippen LogP contribution < -0.4 is 11.5 Å². The summed E-state index contributed by atoms with van der Waals surface area (Å²) in [6.45, 7) is 11.5. The highest BCUT2D eigenvalue weighted by atomic mass is 16.5. The second-order valence-corrected chi connectivity index (χ2v) is 8.28. The molecule has 0 radical (unpaired) electrons. The molecule has 0 heterocycles. The molecule has 130 valence electrons. The van der Waals surface area contributed by atoms with Crippen LogP contribution in [0.3, 0.4) is 0 Å². The number of hydrogen-bond acceptors (Lipinski definition) is 6. The van der Waals surface area contributed by atoms with Crippen molar-refractivity contribution in [2.24, 2.45) is 22.3 Å². The van der Waals surface area contributed by atoms with Gasteiger partial charge >= 0.3 is 0 Å². The third kappa shape index (κ3) is 5.43. The standard InChI is InChI=1S/C16H32N2O4/c1-13(2,3)11(20)16(7,18)10-22-9-14(4,5)12(21)15(6,17)8-19/h19H,8-10,17-18H2,1-7H3/t15?,16-/m0/s1. The molecule has 0 aromatic heterocycles. The summed E-state index contributed by atoms with van der Waals surface area (Å²) in [5.74, 6) is -0.411. The van der Waals surface area contributed by atoms with E-state index in [4.69, 9.17) is 16.2 Å². The number of nitrogens with two attached hydrogens (primary N) is 2. The second-order valence-electron chi connectivity index (χ2n) is 8.28. The van der Waals surface area contributed by atoms with Gasteiger partial charge in [0, 0.05) is 10.8 Å². The Morgan fingerprint density at radius 3 is 1.68 bits per heavy atom. The summed E-state index contributed by atoms with van der Waals surface area (Å²) in [4.78, 5) is 24.6. The third-order valence-electron chi connectivity index (χ3n) is 3.53. The molecule has 22 heavy (non-hydrogen) atoms. The van der Waals surface area contributed by atoms with Gasteiger partial charge in [-0.05, 0) is 13.8 Å². The van der Waals surface area contributed by atoms with Crippen LogP contribution in [0.4, 0.5) is 0 Å². The van der Waals surface area contributed by atoms with E-state index in [1.807, 2.05) is 0 Å². The lowest BCUT2D eigenvalue weighted by molar-refractivity contribution is -0.139. The predicted octanol–water partition coefficient (Wildman–Crippen LogP) is 0.641. The van der Waals surface area contributed by atoms with Crippen LogP contribution in [0.1, 0.15) is 48.5 Å². The summed E-state index contributed by atoms with van der Waals surface area (Å²) in [5.41, 5.74) is 7.92. The van der Waals surface area contributed by atoms with E-state index in [-0.39, 0.29) is 24.8 Å². The van der Waals surface area contributed by atoms with Gasteiger partial charge in [-0.1, -0.05) is 34.6 Å². The summed E-state index contributed by atoms with van der Waals surface area (Å²) in [6.07, 6.45) is 0. The number of carbonyl (C=O) groups is 2. The SMILES string of the molecule is CC(C)(C)C(=O)[C@@](C)(N)COCC(C)(C)C(=O)C(C)(N)CO. The summed E-state index contributed by atoms with van der Waals surface area (Å²) in [6, 6.07) is 0. The van der Waals surface area contributed by atoms with Gasteiger partial charge in [0.1, 0.15) is 0 Å². The number of hydrogen-bond donors (Lipinski definition) is 3. The summed E-state index contributed by atoms with van der Waals surface area (Å²) in [5, 5.41) is 9.19. The van der Waals surface area contributed by atoms with Crippen LogP contribution >= 0.6 is 0 Å². The van der Waals surface area contributed by atoms with Crippen LogP contribution in [0.15, 0.2) is 0 Å². The average molecular weight is 316 g/mol. The number of rotatable bonds is 8. The van der Waals surface area contributed by atoms with E-state index in [1.165, 1.54) is 6.92 Å². The Hall–Kier alpha value is -0.820. The smallest absolute Gasteiger partial charge is 0.162 e. The van der Waals surface area contributed by atoms with E-state index in [2.05, 4.69) is 0 Å². The Kier molecular flexibility index (Phi) is 6.49. The van der Waals surface area contributed by atoms with E-state index in [0.717, 1.165) is 0 Å². The van der Waals surface area contributed by atoms with Gasteiger partial charge in [0.2, 0.25) is 0 Å². The minimum atomic E-state index is -1.32. The van der Waals surface area contributed by atoms with Gasteiger partial charge in [-0.25, -0.2) is 0 Å². The number of ketones is 2. The topological polar surface area (TPSA) is 116 Å². The van der Waals surface area contributed by atoms with Gasteiger partial charge in [0.05, 0.1) is 30.9 Å². The van der Waals surface area contributed by atoms with Crippen LogP contribution in [0, 0.1) is 10.8 Å². The van der Waals surface area contributed by atoms with E-state index < -0.39 is 28.5 Å². The zero-order valence-corrected chi connectivity index (χ0v) is 14.9. The van der Waals surface area contributed by atoms with Crippen LogP contribution in [0.2, 0.25) is 0 Å². The fourth-order valence-electron chi connectivity index (χ4n) is 2.35. The highest BCUT2D eigenvalue weighted by Crippen LogP contribution is 2.25. The molecular formula is C16H32N2O4. The largest absolute Gasteiger partial charge is 0.394 e. The van der Waals surface area contributed by atoms with Crippen molar-refractivity contribution >= 4 is 11.6 Å². The molecule has 0 aliphatic carbocycles. The summed E-state index contributed by atoms with van der Waals surface area (Å²) in [7, 11) is 0. The van der Waals surface area contributed by atoms with Gasteiger partial charge in [-0.15, -0.1) is 0 Å². The molecule has 0 saturated carbocycles. The lowest BCUT2D eigenvalue weighted by atomic mass is 9.78. The zero-order valence-electron chi connectivity index (χ0n) is 14.9. The first-order valence-corrected chi connectivity index (χ1v) is 7.44. The minimum Gasteiger partial charge on any atom is -0.394 e. The van der Waals surface area contributed by atoms with Gasteiger partial charge in [-0.2, -0.15) is 0 Å². The third-order valence-corrected chi connectivity index (χ3v) is 3.53. The molecule has 2 atom stereocenters. The molecule has 6 nitrogen and oxygen atoms in total. The molecule has 0 amide bonds. The fourth-order valence-corrected chi connectivity index (χ4v) is 2.35. The van der Waals surface area contributed by atoms with Gasteiger partial charge in [0.15, 0.2) is 11.6 Å². The van der Waals surface area contributed by atoms with Crippen LogP contribution in [0.5, 0.6) is 0 Å². The Balaban J connectivity index is 4.76. The minimum absolute atomic E-state index is 0.0141. The maximum atomic E-state index is 12.3. The van der Waals surface area contributed by atoms with Crippen molar-refractivity contribution in [3.8, 4) is 0 Å². The van der Waals surface area contributed by atoms with Crippen LogP contribution in [-0.2, 0) is 14.3 Å². The molecule has 0 rings (SSSR count). The molecule has 0 aromatic carbocycles. The fraction of sp³-hybridized carbons (Fsp3) is 0.875. The first-order valence-electron chi connectivity index (χ1n) is 7.44. The Bertz CT molecular complexity index is 420. The molecule has 0 aromatic rings. The highest BCUT2D eigenvalue weighted by molar-refractivity contribution is 5.93. The first kappa shape index (κ1) is 21.2. The van der Waals surface area contributed by atoms with E-state index in [9.17, 15) is 14.7 Å². The van der Waals surface area contributed by atoms with E-state index in [1.54, 1.807) is 41.5 Å². The van der Waals surface area contributed by atoms with E-state index >= 15 is 0 Å². The van der Waals surface area contributed by atoms with Gasteiger partial charge < -0.3 is 21.3 Å². The Morgan fingerprint density at radius 1 is 0.864 bits per heavy atom. The first-order chi connectivity index (χ1) is 9.58. The molecule has 6 heteroatoms. The molecule has 0 spiro atoms. The molecule has 0 fully saturated rings. The van der Waals surface area contributed by atoms with Crippen molar-refractivity contribution < 1.29 is 19.4 Å². The van der Waals surface area contributed by atoms with Gasteiger partial charge in [0.25, 0.3) is 0 Å². The summed E-state index contributed by atoms with van der Waals surface area (Å²) >= 11 is 0. The molecule has 0 saturated heterocycles. The lowest BCUT2D eigenvalue weighted by Crippen LogP contribution is -2.56. The molecule has 0 aliphatic heterocycles. The number of aliphatic hydroxyl groups excluding tert-OH is 1. The maximum absolute atomic E-state index is 12.3. The van der Waals surface area contributed by atoms with Crippen molar-refractivity contribution in [1.82, 2.24) is 0 Å². The normalized spacial score (nSPS) is 18.5. The van der Waals surface area contributed by atoms with Crippen molar-refractivity contribution in [1.29, 1.82) is 0 Å². The van der Waals surface area contributed by atoms with Crippen molar-refractivity contribution in [2.75, 3.05) is 19.8 Å². The van der Waals surface area contributed by atoms with E-state index in [0.29, 0.717) is 0 Å². The molecule has 0 aliphatic rings. The number of aliphatic hydroxyl groups is 1. The maximum Gasteiger partial charge on any atom is 0.162 e. The predicted molar refractivity (Wildman–Crippen MR) is 86.3 cm³/mol. The van der Waals surface area contributed by atoms with Crippen LogP contribution in [0.25, 0.3) is 0 Å². The quantitative estimate of drug-likeness (QED) is 0.605. The number of carbonyl (C=O) groups excluding carboxylic acids is 2. The summed E-state index contributed by atoms with van der Waals surface area (Å²) < 4.78 is 5.54. The van der Waals surface area contributed by atoms with Crippen molar-refractivity contribution in [3.05, 3.63) is 0 Å². The molecular weight excluding hydrogens is 284 g/mol. The van der Waals surface area contributed by atoms with Crippen molar-refractivity contribution in [3.63, 3.8) is 0 Å². The number of Topliss-reactive ketones (excluding diaryl/α,β-unsaturated/α-hetero) is 2.